The average molecular weight is 335 g/mol. The van der Waals surface area contributed by atoms with Gasteiger partial charge in [-0.1, -0.05) is 24.3 Å². The molecule has 0 spiro atoms. The van der Waals surface area contributed by atoms with Crippen molar-refractivity contribution >= 4 is 17.7 Å². The number of hydrogen-bond acceptors (Lipinski definition) is 4. The summed E-state index contributed by atoms with van der Waals surface area (Å²) < 4.78 is 0. The van der Waals surface area contributed by atoms with Gasteiger partial charge in [-0.25, -0.2) is 0 Å². The number of rotatable bonds is 3. The highest BCUT2D eigenvalue weighted by molar-refractivity contribution is 6.21. The van der Waals surface area contributed by atoms with Gasteiger partial charge in [0.25, 0.3) is 11.8 Å². The number of aryl methyl sites for hydroxylation is 1. The number of fused-ring (bicyclic) bond motifs is 2. The van der Waals surface area contributed by atoms with Gasteiger partial charge >= 0.3 is 0 Å². The van der Waals surface area contributed by atoms with Crippen molar-refractivity contribution in [2.45, 2.75) is 25.3 Å². The van der Waals surface area contributed by atoms with Gasteiger partial charge in [-0.15, -0.1) is 0 Å². The van der Waals surface area contributed by atoms with Crippen LogP contribution < -0.4 is 5.32 Å². The highest BCUT2D eigenvalue weighted by Crippen LogP contribution is 2.29. The molecule has 25 heavy (non-hydrogen) atoms. The van der Waals surface area contributed by atoms with E-state index in [-0.39, 0.29) is 29.8 Å². The molecule has 126 valence electrons. The maximum absolute atomic E-state index is 12.4. The van der Waals surface area contributed by atoms with Crippen LogP contribution in [0.25, 0.3) is 0 Å². The van der Waals surface area contributed by atoms with Gasteiger partial charge < -0.3 is 5.32 Å². The van der Waals surface area contributed by atoms with Gasteiger partial charge in [-0.05, 0) is 42.5 Å². The quantitative estimate of drug-likeness (QED) is 0.869. The molecule has 6 heteroatoms. The van der Waals surface area contributed by atoms with Crippen LogP contribution in [0.15, 0.2) is 42.6 Å². The second-order valence-electron chi connectivity index (χ2n) is 6.31. The number of nitrogens with one attached hydrogen (secondary N) is 1. The molecule has 0 unspecified atom stereocenters. The third-order valence-electron chi connectivity index (χ3n) is 4.74. The lowest BCUT2D eigenvalue weighted by Gasteiger charge is -2.27. The summed E-state index contributed by atoms with van der Waals surface area (Å²) in [4.78, 5) is 42.0. The Hall–Kier alpha value is -3.02. The topological polar surface area (TPSA) is 79.4 Å². The summed E-state index contributed by atoms with van der Waals surface area (Å²) in [5.41, 5.74) is 2.72. The van der Waals surface area contributed by atoms with E-state index >= 15 is 0 Å². The third kappa shape index (κ3) is 2.69. The Balaban J connectivity index is 1.48. The zero-order chi connectivity index (χ0) is 17.4. The molecule has 3 amide bonds. The normalized spacial score (nSPS) is 18.7. The molecular weight excluding hydrogens is 318 g/mol. The van der Waals surface area contributed by atoms with Gasteiger partial charge in [0.05, 0.1) is 11.6 Å². The number of carbonyl (C=O) groups excluding carboxylic acids is 3. The van der Waals surface area contributed by atoms with Crippen LogP contribution in [0.3, 0.4) is 0 Å². The van der Waals surface area contributed by atoms with E-state index in [1.807, 2.05) is 18.2 Å². The molecule has 2 aliphatic rings. The van der Waals surface area contributed by atoms with Gasteiger partial charge in [-0.3, -0.25) is 24.3 Å². The van der Waals surface area contributed by atoms with Crippen LogP contribution in [-0.2, 0) is 11.2 Å². The summed E-state index contributed by atoms with van der Waals surface area (Å²) in [7, 11) is 0. The lowest BCUT2D eigenvalue weighted by Crippen LogP contribution is -2.42. The minimum atomic E-state index is -0.514. The van der Waals surface area contributed by atoms with Crippen molar-refractivity contribution in [3.05, 3.63) is 65.0 Å². The molecule has 0 radical (unpaired) electrons. The Morgan fingerprint density at radius 3 is 2.84 bits per heavy atom. The summed E-state index contributed by atoms with van der Waals surface area (Å²) in [6.07, 6.45) is 4.32. The molecule has 2 heterocycles. The number of carbonyl (C=O) groups is 3. The molecule has 4 rings (SSSR count). The standard InChI is InChI=1S/C19H17N3O3/c23-16(21-15-9-3-6-12-5-1-2-7-13(12)15)11-22-18(24)14-8-4-10-20-17(14)19(22)25/h1-2,4-5,7-8,10,15H,3,6,9,11H2,(H,21,23)/t15-/m1/s1. The number of benzene rings is 1. The van der Waals surface area contributed by atoms with Gasteiger partial charge in [0.15, 0.2) is 0 Å². The van der Waals surface area contributed by atoms with E-state index in [1.54, 1.807) is 12.1 Å². The fourth-order valence-corrected chi connectivity index (χ4v) is 3.54. The molecule has 6 nitrogen and oxygen atoms in total. The number of pyridine rings is 1. The minimum Gasteiger partial charge on any atom is -0.348 e. The first kappa shape index (κ1) is 15.5. The van der Waals surface area contributed by atoms with Crippen LogP contribution in [0.4, 0.5) is 0 Å². The van der Waals surface area contributed by atoms with Crippen molar-refractivity contribution in [3.63, 3.8) is 0 Å². The number of hydrogen-bond donors (Lipinski definition) is 1. The largest absolute Gasteiger partial charge is 0.348 e. The summed E-state index contributed by atoms with van der Waals surface area (Å²) in [5.74, 6) is -1.32. The fourth-order valence-electron chi connectivity index (χ4n) is 3.54. The van der Waals surface area contributed by atoms with Crippen LogP contribution in [0.2, 0.25) is 0 Å². The number of nitrogens with zero attached hydrogens (tertiary/aromatic N) is 2. The highest BCUT2D eigenvalue weighted by Gasteiger charge is 2.38. The first-order valence-corrected chi connectivity index (χ1v) is 8.33. The smallest absolute Gasteiger partial charge is 0.280 e. The first-order valence-electron chi connectivity index (χ1n) is 8.33. The van der Waals surface area contributed by atoms with Crippen molar-refractivity contribution in [1.82, 2.24) is 15.2 Å². The Morgan fingerprint density at radius 2 is 2.00 bits per heavy atom. The highest BCUT2D eigenvalue weighted by atomic mass is 16.2. The number of imide groups is 1. The monoisotopic (exact) mass is 335 g/mol. The van der Waals surface area contributed by atoms with E-state index in [0.717, 1.165) is 29.7 Å². The van der Waals surface area contributed by atoms with Gasteiger partial charge in [0, 0.05) is 6.20 Å². The molecular formula is C19H17N3O3. The summed E-state index contributed by atoms with van der Waals surface area (Å²) in [5, 5.41) is 2.96. The Kier molecular flexibility index (Phi) is 3.80. The van der Waals surface area contributed by atoms with E-state index < -0.39 is 11.8 Å². The fraction of sp³-hybridized carbons (Fsp3) is 0.263. The molecule has 1 aromatic heterocycles. The molecule has 0 saturated carbocycles. The summed E-state index contributed by atoms with van der Waals surface area (Å²) in [6, 6.07) is 11.1. The van der Waals surface area contributed by atoms with Crippen LogP contribution in [0.5, 0.6) is 0 Å². The second kappa shape index (κ2) is 6.12. The zero-order valence-corrected chi connectivity index (χ0v) is 13.6. The molecule has 0 saturated heterocycles. The van der Waals surface area contributed by atoms with Gasteiger partial charge in [0.1, 0.15) is 12.2 Å². The predicted molar refractivity (Wildman–Crippen MR) is 89.9 cm³/mol. The molecule has 2 aromatic rings. The van der Waals surface area contributed by atoms with E-state index in [9.17, 15) is 14.4 Å². The first-order chi connectivity index (χ1) is 12.1. The molecule has 1 atom stereocenters. The van der Waals surface area contributed by atoms with Crippen molar-refractivity contribution in [2.24, 2.45) is 0 Å². The van der Waals surface area contributed by atoms with E-state index in [0.29, 0.717) is 0 Å². The maximum Gasteiger partial charge on any atom is 0.280 e. The second-order valence-corrected chi connectivity index (χ2v) is 6.31. The predicted octanol–water partition coefficient (Wildman–Crippen LogP) is 1.87. The number of amides is 3. The van der Waals surface area contributed by atoms with E-state index in [4.69, 9.17) is 0 Å². The van der Waals surface area contributed by atoms with Crippen LogP contribution in [0, 0.1) is 0 Å². The number of aromatic nitrogens is 1. The van der Waals surface area contributed by atoms with Crippen LogP contribution in [-0.4, -0.2) is 34.2 Å². The van der Waals surface area contributed by atoms with E-state index in [1.165, 1.54) is 11.8 Å². The van der Waals surface area contributed by atoms with Crippen molar-refractivity contribution < 1.29 is 14.4 Å². The lowest BCUT2D eigenvalue weighted by atomic mass is 9.88. The maximum atomic E-state index is 12.4. The van der Waals surface area contributed by atoms with Gasteiger partial charge in [0.2, 0.25) is 5.91 Å². The van der Waals surface area contributed by atoms with E-state index in [2.05, 4.69) is 16.4 Å². The SMILES string of the molecule is O=C(CN1C(=O)c2cccnc2C1=O)N[C@@H]1CCCc2ccccc21. The third-order valence-corrected chi connectivity index (χ3v) is 4.74. The summed E-state index contributed by atoms with van der Waals surface area (Å²) >= 11 is 0. The molecule has 1 aliphatic heterocycles. The van der Waals surface area contributed by atoms with Crippen molar-refractivity contribution in [2.75, 3.05) is 6.54 Å². The molecule has 0 bridgehead atoms. The van der Waals surface area contributed by atoms with Crippen LogP contribution in [0.1, 0.15) is 50.9 Å². The summed E-state index contributed by atoms with van der Waals surface area (Å²) in [6.45, 7) is -0.285. The Labute approximate surface area is 144 Å². The van der Waals surface area contributed by atoms with Crippen LogP contribution >= 0.6 is 0 Å². The Bertz CT molecular complexity index is 843. The van der Waals surface area contributed by atoms with Gasteiger partial charge in [-0.2, -0.15) is 0 Å². The molecule has 1 N–H and O–H groups in total. The molecule has 0 fully saturated rings. The molecule has 1 aliphatic carbocycles. The average Bonchev–Trinajstić information content (AvgIpc) is 2.87. The van der Waals surface area contributed by atoms with Crippen molar-refractivity contribution in [3.8, 4) is 0 Å². The lowest BCUT2D eigenvalue weighted by molar-refractivity contribution is -0.122. The molecule has 1 aromatic carbocycles. The zero-order valence-electron chi connectivity index (χ0n) is 13.6. The Morgan fingerprint density at radius 1 is 1.16 bits per heavy atom. The van der Waals surface area contributed by atoms with Crippen molar-refractivity contribution in [1.29, 1.82) is 0 Å². The minimum absolute atomic E-state index is 0.0780.